The van der Waals surface area contributed by atoms with Crippen LogP contribution in [0.3, 0.4) is 0 Å². The minimum absolute atomic E-state index is 0.597. The molecule has 3 nitrogen and oxygen atoms in total. The highest BCUT2D eigenvalue weighted by atomic mass is 16.5. The molecule has 20 heavy (non-hydrogen) atoms. The third-order valence-electron chi connectivity index (χ3n) is 3.27. The molecule has 0 aromatic heterocycles. The van der Waals surface area contributed by atoms with E-state index in [0.29, 0.717) is 6.61 Å². The van der Waals surface area contributed by atoms with E-state index in [1.165, 1.54) is 5.56 Å². The minimum atomic E-state index is 0.597. The summed E-state index contributed by atoms with van der Waals surface area (Å²) in [6.45, 7) is 2.51. The first-order chi connectivity index (χ1) is 9.92. The lowest BCUT2D eigenvalue weighted by Crippen LogP contribution is -2.30. The van der Waals surface area contributed by atoms with E-state index in [4.69, 9.17) is 4.74 Å². The van der Waals surface area contributed by atoms with Gasteiger partial charge in [-0.05, 0) is 36.2 Å². The van der Waals surface area contributed by atoms with E-state index in [9.17, 15) is 0 Å². The first-order valence-corrected chi connectivity index (χ1v) is 6.97. The molecule has 2 aromatic rings. The summed E-state index contributed by atoms with van der Waals surface area (Å²) in [5.74, 6) is 1.87. The minimum Gasteiger partial charge on any atom is -0.489 e. The molecule has 3 heteroatoms. The highest BCUT2D eigenvalue weighted by Gasteiger charge is 2.06. The van der Waals surface area contributed by atoms with Crippen LogP contribution < -0.4 is 10.1 Å². The van der Waals surface area contributed by atoms with E-state index in [-0.39, 0.29) is 0 Å². The number of rotatable bonds is 4. The maximum Gasteiger partial charge on any atom is 0.128 e. The summed E-state index contributed by atoms with van der Waals surface area (Å²) in [5.41, 5.74) is 2.30. The van der Waals surface area contributed by atoms with Gasteiger partial charge in [0.15, 0.2) is 0 Å². The second kappa shape index (κ2) is 6.24. The van der Waals surface area contributed by atoms with Gasteiger partial charge in [-0.2, -0.15) is 0 Å². The van der Waals surface area contributed by atoms with Crippen molar-refractivity contribution in [3.8, 4) is 5.75 Å². The van der Waals surface area contributed by atoms with Crippen molar-refractivity contribution in [2.75, 3.05) is 13.1 Å². The lowest BCUT2D eigenvalue weighted by molar-refractivity contribution is 0.306. The van der Waals surface area contributed by atoms with Crippen molar-refractivity contribution >= 4 is 5.84 Å². The number of nitrogens with zero attached hydrogens (tertiary/aromatic N) is 1. The quantitative estimate of drug-likeness (QED) is 0.923. The van der Waals surface area contributed by atoms with Gasteiger partial charge in [-0.15, -0.1) is 0 Å². The first kappa shape index (κ1) is 12.7. The van der Waals surface area contributed by atoms with Crippen LogP contribution >= 0.6 is 0 Å². The van der Waals surface area contributed by atoms with Gasteiger partial charge < -0.3 is 10.1 Å². The van der Waals surface area contributed by atoms with Crippen molar-refractivity contribution < 1.29 is 4.74 Å². The zero-order chi connectivity index (χ0) is 13.6. The fourth-order valence-corrected chi connectivity index (χ4v) is 2.18. The zero-order valence-corrected chi connectivity index (χ0v) is 11.4. The molecule has 0 bridgehead atoms. The van der Waals surface area contributed by atoms with Crippen LogP contribution in [0.15, 0.2) is 59.6 Å². The molecule has 0 saturated carbocycles. The molecule has 0 amide bonds. The molecular weight excluding hydrogens is 248 g/mol. The average molecular weight is 266 g/mol. The maximum absolute atomic E-state index is 5.77. The van der Waals surface area contributed by atoms with Crippen LogP contribution in [-0.2, 0) is 6.61 Å². The maximum atomic E-state index is 5.77. The molecule has 0 saturated heterocycles. The summed E-state index contributed by atoms with van der Waals surface area (Å²) in [6, 6.07) is 18.3. The molecule has 0 spiro atoms. The summed E-state index contributed by atoms with van der Waals surface area (Å²) in [4.78, 5) is 4.49. The number of nitrogens with one attached hydrogen (secondary N) is 1. The van der Waals surface area contributed by atoms with Crippen LogP contribution in [0.1, 0.15) is 17.5 Å². The number of benzene rings is 2. The second-order valence-electron chi connectivity index (χ2n) is 4.81. The van der Waals surface area contributed by atoms with Crippen LogP contribution in [0.25, 0.3) is 0 Å². The highest BCUT2D eigenvalue weighted by molar-refractivity contribution is 5.99. The lowest BCUT2D eigenvalue weighted by Gasteiger charge is -2.15. The Labute approximate surface area is 119 Å². The van der Waals surface area contributed by atoms with Crippen LogP contribution in [0.2, 0.25) is 0 Å². The fraction of sp³-hybridized carbons (Fsp3) is 0.235. The fourth-order valence-electron chi connectivity index (χ4n) is 2.18. The Hall–Kier alpha value is -2.29. The SMILES string of the molecule is c1ccc(COc2ccc(C3=NCCCN3)cc2)cc1. The third kappa shape index (κ3) is 3.18. The monoisotopic (exact) mass is 266 g/mol. The Morgan fingerprint density at radius 3 is 2.50 bits per heavy atom. The number of amidine groups is 1. The van der Waals surface area contributed by atoms with Gasteiger partial charge in [-0.25, -0.2) is 0 Å². The van der Waals surface area contributed by atoms with Crippen molar-refractivity contribution in [2.45, 2.75) is 13.0 Å². The molecule has 1 heterocycles. The van der Waals surface area contributed by atoms with Crippen molar-refractivity contribution in [1.29, 1.82) is 0 Å². The summed E-state index contributed by atoms with van der Waals surface area (Å²) in [5, 5.41) is 3.32. The first-order valence-electron chi connectivity index (χ1n) is 6.97. The van der Waals surface area contributed by atoms with Crippen molar-refractivity contribution in [3.05, 3.63) is 65.7 Å². The van der Waals surface area contributed by atoms with Crippen LogP contribution in [0.4, 0.5) is 0 Å². The van der Waals surface area contributed by atoms with Gasteiger partial charge in [0.1, 0.15) is 18.2 Å². The average Bonchev–Trinajstić information content (AvgIpc) is 2.55. The van der Waals surface area contributed by atoms with Crippen LogP contribution in [0, 0.1) is 0 Å². The zero-order valence-electron chi connectivity index (χ0n) is 11.4. The summed E-state index contributed by atoms with van der Waals surface area (Å²) in [7, 11) is 0. The van der Waals surface area contributed by atoms with Crippen molar-refractivity contribution in [1.82, 2.24) is 5.32 Å². The largest absolute Gasteiger partial charge is 0.489 e. The predicted molar refractivity (Wildman–Crippen MR) is 81.2 cm³/mol. The normalized spacial score (nSPS) is 14.3. The van der Waals surface area contributed by atoms with E-state index in [1.807, 2.05) is 30.3 Å². The molecule has 0 unspecified atom stereocenters. The Balaban J connectivity index is 1.63. The highest BCUT2D eigenvalue weighted by Crippen LogP contribution is 2.15. The van der Waals surface area contributed by atoms with Gasteiger partial charge in [-0.3, -0.25) is 4.99 Å². The number of hydrogen-bond donors (Lipinski definition) is 1. The molecule has 102 valence electrons. The topological polar surface area (TPSA) is 33.6 Å². The van der Waals surface area contributed by atoms with E-state index in [0.717, 1.165) is 36.7 Å². The lowest BCUT2D eigenvalue weighted by atomic mass is 10.1. The molecule has 1 N–H and O–H groups in total. The third-order valence-corrected chi connectivity index (χ3v) is 3.27. The molecule has 0 fully saturated rings. The van der Waals surface area contributed by atoms with Crippen molar-refractivity contribution in [2.24, 2.45) is 4.99 Å². The smallest absolute Gasteiger partial charge is 0.128 e. The van der Waals surface area contributed by atoms with Crippen molar-refractivity contribution in [3.63, 3.8) is 0 Å². The van der Waals surface area contributed by atoms with E-state index in [2.05, 4.69) is 34.6 Å². The molecule has 0 aliphatic carbocycles. The Morgan fingerprint density at radius 1 is 1.00 bits per heavy atom. The molecule has 2 aromatic carbocycles. The second-order valence-corrected chi connectivity index (χ2v) is 4.81. The standard InChI is InChI=1S/C17H18N2O/c1-2-5-14(6-3-1)13-20-16-9-7-15(8-10-16)17-18-11-4-12-19-17/h1-3,5-10H,4,11-13H2,(H,18,19). The summed E-state index contributed by atoms with van der Waals surface area (Å²) < 4.78 is 5.77. The van der Waals surface area contributed by atoms with E-state index < -0.39 is 0 Å². The summed E-state index contributed by atoms with van der Waals surface area (Å²) in [6.07, 6.45) is 1.11. The molecular formula is C17H18N2O. The predicted octanol–water partition coefficient (Wildman–Crippen LogP) is 3.01. The van der Waals surface area contributed by atoms with Gasteiger partial charge >= 0.3 is 0 Å². The molecule has 1 aliphatic heterocycles. The van der Waals surface area contributed by atoms with Crippen LogP contribution in [0.5, 0.6) is 5.75 Å². The molecule has 0 radical (unpaired) electrons. The number of hydrogen-bond acceptors (Lipinski definition) is 3. The van der Waals surface area contributed by atoms with Gasteiger partial charge in [0.2, 0.25) is 0 Å². The molecule has 0 atom stereocenters. The Kier molecular flexibility index (Phi) is 3.97. The summed E-state index contributed by atoms with van der Waals surface area (Å²) >= 11 is 0. The number of aliphatic imine (C=N–C) groups is 1. The Bertz CT molecular complexity index is 576. The molecule has 3 rings (SSSR count). The van der Waals surface area contributed by atoms with Gasteiger partial charge in [-0.1, -0.05) is 30.3 Å². The van der Waals surface area contributed by atoms with E-state index >= 15 is 0 Å². The van der Waals surface area contributed by atoms with Gasteiger partial charge in [0.05, 0.1) is 0 Å². The van der Waals surface area contributed by atoms with Crippen LogP contribution in [-0.4, -0.2) is 18.9 Å². The Morgan fingerprint density at radius 2 is 1.80 bits per heavy atom. The van der Waals surface area contributed by atoms with E-state index in [1.54, 1.807) is 0 Å². The van der Waals surface area contributed by atoms with Gasteiger partial charge in [0.25, 0.3) is 0 Å². The number of ether oxygens (including phenoxy) is 1. The van der Waals surface area contributed by atoms with Gasteiger partial charge in [0, 0.05) is 18.7 Å². The molecule has 1 aliphatic rings.